The third kappa shape index (κ3) is 3.12. The molecule has 0 aromatic heterocycles. The molecule has 1 aliphatic rings. The van der Waals surface area contributed by atoms with Gasteiger partial charge in [-0.25, -0.2) is 0 Å². The van der Waals surface area contributed by atoms with Crippen LogP contribution in [0, 0.1) is 0 Å². The summed E-state index contributed by atoms with van der Waals surface area (Å²) in [6.07, 6.45) is -2.97. The summed E-state index contributed by atoms with van der Waals surface area (Å²) in [7, 11) is 0. The van der Waals surface area contributed by atoms with E-state index in [9.17, 15) is 15.3 Å². The van der Waals surface area contributed by atoms with E-state index in [1.807, 2.05) is 6.92 Å². The largest absolute Gasteiger partial charge is 0.388 e. The minimum atomic E-state index is -1.21. The molecule has 1 saturated heterocycles. The van der Waals surface area contributed by atoms with Gasteiger partial charge in [0.15, 0.2) is 6.29 Å². The molecule has 1 aliphatic heterocycles. The molecule has 0 bridgehead atoms. The van der Waals surface area contributed by atoms with E-state index >= 15 is 0 Å². The SMILES string of the molecule is CCCCO[C@H]1O[C@@H](C)[C@@H](O)[C@@H](O)[C@@H]1O. The van der Waals surface area contributed by atoms with Gasteiger partial charge in [0.2, 0.25) is 0 Å². The number of aliphatic hydroxyl groups is 3. The monoisotopic (exact) mass is 220 g/mol. The first kappa shape index (κ1) is 12.9. The Hall–Kier alpha value is -0.200. The van der Waals surface area contributed by atoms with Crippen LogP contribution in [0.1, 0.15) is 26.7 Å². The molecule has 1 rings (SSSR count). The van der Waals surface area contributed by atoms with Crippen molar-refractivity contribution in [2.45, 2.75) is 57.4 Å². The van der Waals surface area contributed by atoms with Crippen molar-refractivity contribution < 1.29 is 24.8 Å². The van der Waals surface area contributed by atoms with Gasteiger partial charge in [0.05, 0.1) is 6.10 Å². The van der Waals surface area contributed by atoms with Crippen LogP contribution in [0.25, 0.3) is 0 Å². The highest BCUT2D eigenvalue weighted by molar-refractivity contribution is 4.87. The molecule has 0 saturated carbocycles. The maximum Gasteiger partial charge on any atom is 0.186 e. The Morgan fingerprint density at radius 1 is 1.13 bits per heavy atom. The molecule has 5 atom stereocenters. The molecule has 15 heavy (non-hydrogen) atoms. The summed E-state index contributed by atoms with van der Waals surface area (Å²) in [5.74, 6) is 0. The first-order valence-electron chi connectivity index (χ1n) is 5.39. The van der Waals surface area contributed by atoms with E-state index in [0.29, 0.717) is 6.61 Å². The standard InChI is InChI=1S/C10H20O5/c1-3-4-5-14-10-9(13)8(12)7(11)6(2)15-10/h6-13H,3-5H2,1-2H3/t6-,7+,8+,9-,10-/m0/s1. The minimum Gasteiger partial charge on any atom is -0.388 e. The van der Waals surface area contributed by atoms with E-state index in [4.69, 9.17) is 9.47 Å². The molecule has 0 aromatic rings. The Morgan fingerprint density at radius 3 is 2.40 bits per heavy atom. The van der Waals surface area contributed by atoms with Gasteiger partial charge in [-0.2, -0.15) is 0 Å². The van der Waals surface area contributed by atoms with Crippen LogP contribution in [0.15, 0.2) is 0 Å². The van der Waals surface area contributed by atoms with Crippen LogP contribution in [0.2, 0.25) is 0 Å². The molecule has 5 nitrogen and oxygen atoms in total. The van der Waals surface area contributed by atoms with Crippen molar-refractivity contribution in [2.75, 3.05) is 6.61 Å². The van der Waals surface area contributed by atoms with Crippen LogP contribution in [-0.2, 0) is 9.47 Å². The van der Waals surface area contributed by atoms with Crippen molar-refractivity contribution in [3.05, 3.63) is 0 Å². The summed E-state index contributed by atoms with van der Waals surface area (Å²) in [6.45, 7) is 4.15. The second-order valence-corrected chi connectivity index (χ2v) is 3.91. The maximum absolute atomic E-state index is 9.56. The number of unbranched alkanes of at least 4 members (excludes halogenated alkanes) is 1. The van der Waals surface area contributed by atoms with Crippen LogP contribution in [-0.4, -0.2) is 52.6 Å². The molecule has 0 aromatic carbocycles. The number of rotatable bonds is 4. The van der Waals surface area contributed by atoms with Gasteiger partial charge in [0, 0.05) is 6.61 Å². The molecule has 5 heteroatoms. The quantitative estimate of drug-likeness (QED) is 0.563. The predicted octanol–water partition coefficient (Wildman–Crippen LogP) is -0.369. The zero-order valence-corrected chi connectivity index (χ0v) is 9.17. The van der Waals surface area contributed by atoms with E-state index in [1.165, 1.54) is 0 Å². The molecule has 0 aliphatic carbocycles. The van der Waals surface area contributed by atoms with Crippen LogP contribution in [0.5, 0.6) is 0 Å². The molecule has 0 amide bonds. The van der Waals surface area contributed by atoms with Crippen molar-refractivity contribution >= 4 is 0 Å². The third-order valence-electron chi connectivity index (χ3n) is 2.59. The number of hydrogen-bond donors (Lipinski definition) is 3. The third-order valence-corrected chi connectivity index (χ3v) is 2.59. The van der Waals surface area contributed by atoms with Gasteiger partial charge in [-0.3, -0.25) is 0 Å². The van der Waals surface area contributed by atoms with Gasteiger partial charge in [0.25, 0.3) is 0 Å². The summed E-state index contributed by atoms with van der Waals surface area (Å²) < 4.78 is 10.5. The minimum absolute atomic E-state index is 0.480. The summed E-state index contributed by atoms with van der Waals surface area (Å²) in [5.41, 5.74) is 0. The average Bonchev–Trinajstić information content (AvgIpc) is 2.23. The molecular formula is C10H20O5. The summed E-state index contributed by atoms with van der Waals surface area (Å²) >= 11 is 0. The lowest BCUT2D eigenvalue weighted by Crippen LogP contribution is -2.57. The van der Waals surface area contributed by atoms with Crippen molar-refractivity contribution in [1.29, 1.82) is 0 Å². The molecule has 0 radical (unpaired) electrons. The fourth-order valence-electron chi connectivity index (χ4n) is 1.49. The van der Waals surface area contributed by atoms with Crippen molar-refractivity contribution in [3.63, 3.8) is 0 Å². The van der Waals surface area contributed by atoms with Gasteiger partial charge in [-0.05, 0) is 13.3 Å². The first-order chi connectivity index (χ1) is 7.07. The first-order valence-corrected chi connectivity index (χ1v) is 5.39. The fraction of sp³-hybridized carbons (Fsp3) is 1.00. The second kappa shape index (κ2) is 5.77. The molecule has 0 spiro atoms. The highest BCUT2D eigenvalue weighted by atomic mass is 16.7. The van der Waals surface area contributed by atoms with Gasteiger partial charge >= 0.3 is 0 Å². The lowest BCUT2D eigenvalue weighted by molar-refractivity contribution is -0.293. The Labute approximate surface area is 89.6 Å². The second-order valence-electron chi connectivity index (χ2n) is 3.91. The Kier molecular flexibility index (Phi) is 4.95. The van der Waals surface area contributed by atoms with E-state index in [-0.39, 0.29) is 0 Å². The van der Waals surface area contributed by atoms with E-state index in [2.05, 4.69) is 0 Å². The zero-order valence-electron chi connectivity index (χ0n) is 9.17. The van der Waals surface area contributed by atoms with Crippen molar-refractivity contribution in [1.82, 2.24) is 0 Å². The van der Waals surface area contributed by atoms with Crippen LogP contribution in [0.4, 0.5) is 0 Å². The number of hydrogen-bond acceptors (Lipinski definition) is 5. The van der Waals surface area contributed by atoms with E-state index in [1.54, 1.807) is 6.92 Å². The van der Waals surface area contributed by atoms with Gasteiger partial charge in [0.1, 0.15) is 18.3 Å². The van der Waals surface area contributed by atoms with Gasteiger partial charge in [-0.1, -0.05) is 13.3 Å². The van der Waals surface area contributed by atoms with E-state index < -0.39 is 30.7 Å². The lowest BCUT2D eigenvalue weighted by atomic mass is 10.0. The highest BCUT2D eigenvalue weighted by Gasteiger charge is 2.42. The number of aliphatic hydroxyl groups excluding tert-OH is 3. The molecule has 1 heterocycles. The predicted molar refractivity (Wildman–Crippen MR) is 53.2 cm³/mol. The van der Waals surface area contributed by atoms with E-state index in [0.717, 1.165) is 12.8 Å². The van der Waals surface area contributed by atoms with Crippen LogP contribution < -0.4 is 0 Å². The Morgan fingerprint density at radius 2 is 1.80 bits per heavy atom. The lowest BCUT2D eigenvalue weighted by Gasteiger charge is -2.38. The Bertz CT molecular complexity index is 187. The number of ether oxygens (including phenoxy) is 2. The fourth-order valence-corrected chi connectivity index (χ4v) is 1.49. The average molecular weight is 220 g/mol. The summed E-state index contributed by atoms with van der Waals surface area (Å²) in [6, 6.07) is 0. The molecule has 3 N–H and O–H groups in total. The summed E-state index contributed by atoms with van der Waals surface area (Å²) in [4.78, 5) is 0. The van der Waals surface area contributed by atoms with Crippen LogP contribution >= 0.6 is 0 Å². The van der Waals surface area contributed by atoms with Gasteiger partial charge in [-0.15, -0.1) is 0 Å². The van der Waals surface area contributed by atoms with Gasteiger partial charge < -0.3 is 24.8 Å². The molecule has 90 valence electrons. The normalized spacial score (nSPS) is 41.8. The molecule has 1 fully saturated rings. The molecular weight excluding hydrogens is 200 g/mol. The Balaban J connectivity index is 2.43. The molecule has 0 unspecified atom stereocenters. The smallest absolute Gasteiger partial charge is 0.186 e. The van der Waals surface area contributed by atoms with Crippen molar-refractivity contribution in [3.8, 4) is 0 Å². The highest BCUT2D eigenvalue weighted by Crippen LogP contribution is 2.21. The van der Waals surface area contributed by atoms with Crippen molar-refractivity contribution in [2.24, 2.45) is 0 Å². The zero-order chi connectivity index (χ0) is 11.4. The summed E-state index contributed by atoms with van der Waals surface area (Å²) in [5, 5.41) is 28.5. The van der Waals surface area contributed by atoms with Crippen LogP contribution in [0.3, 0.4) is 0 Å². The maximum atomic E-state index is 9.56. The topological polar surface area (TPSA) is 79.2 Å².